The van der Waals surface area contributed by atoms with Gasteiger partial charge in [0.1, 0.15) is 6.54 Å². The second-order valence-corrected chi connectivity index (χ2v) is 6.32. The van der Waals surface area contributed by atoms with E-state index in [4.69, 9.17) is 5.14 Å². The third-order valence-corrected chi connectivity index (χ3v) is 3.87. The molecule has 1 aliphatic heterocycles. The molecule has 1 fully saturated rings. The predicted octanol–water partition coefficient (Wildman–Crippen LogP) is -1.09. The van der Waals surface area contributed by atoms with Crippen LogP contribution >= 0.6 is 0 Å². The first-order chi connectivity index (χ1) is 9.44. The van der Waals surface area contributed by atoms with E-state index < -0.39 is 10.2 Å². The maximum Gasteiger partial charge on any atom is 0.274 e. The molecule has 1 aliphatic rings. The minimum atomic E-state index is -3.67. The Morgan fingerprint density at radius 3 is 2.95 bits per heavy atom. The maximum absolute atomic E-state index is 12.1. The molecular formula is C11H19N5O3S. The van der Waals surface area contributed by atoms with Gasteiger partial charge in [-0.3, -0.25) is 9.48 Å². The van der Waals surface area contributed by atoms with Crippen LogP contribution in [0.25, 0.3) is 0 Å². The number of likely N-dealkylation sites (tertiary alicyclic amines) is 1. The van der Waals surface area contributed by atoms with Crippen LogP contribution in [-0.4, -0.2) is 48.6 Å². The van der Waals surface area contributed by atoms with E-state index in [0.717, 1.165) is 12.8 Å². The van der Waals surface area contributed by atoms with Gasteiger partial charge >= 0.3 is 0 Å². The maximum atomic E-state index is 12.1. The normalized spacial score (nSPS) is 20.1. The van der Waals surface area contributed by atoms with Gasteiger partial charge in [0.25, 0.3) is 10.2 Å². The van der Waals surface area contributed by atoms with Crippen molar-refractivity contribution in [2.45, 2.75) is 19.4 Å². The van der Waals surface area contributed by atoms with Crippen LogP contribution in [0.3, 0.4) is 0 Å². The molecule has 0 aliphatic carbocycles. The van der Waals surface area contributed by atoms with Crippen LogP contribution in [0.1, 0.15) is 12.8 Å². The summed E-state index contributed by atoms with van der Waals surface area (Å²) in [4.78, 5) is 13.9. The first-order valence-corrected chi connectivity index (χ1v) is 8.01. The molecule has 1 aromatic heterocycles. The molecule has 8 nitrogen and oxygen atoms in total. The Balaban J connectivity index is 1.85. The summed E-state index contributed by atoms with van der Waals surface area (Å²) in [5.74, 6) is 0.0950. The molecule has 1 aromatic rings. The number of piperidine rings is 1. The molecule has 1 amide bonds. The van der Waals surface area contributed by atoms with Crippen molar-refractivity contribution in [3.63, 3.8) is 0 Å². The Bertz CT molecular complexity index is 542. The van der Waals surface area contributed by atoms with Crippen molar-refractivity contribution in [1.29, 1.82) is 0 Å². The Labute approximate surface area is 118 Å². The fourth-order valence-corrected chi connectivity index (χ4v) is 2.79. The molecule has 112 valence electrons. The van der Waals surface area contributed by atoms with E-state index in [1.165, 1.54) is 0 Å². The lowest BCUT2D eigenvalue weighted by Gasteiger charge is -2.32. The summed E-state index contributed by atoms with van der Waals surface area (Å²) in [6, 6.07) is 1.77. The van der Waals surface area contributed by atoms with Crippen LogP contribution in [0.4, 0.5) is 0 Å². The second kappa shape index (κ2) is 6.33. The van der Waals surface area contributed by atoms with Crippen LogP contribution in [0, 0.1) is 5.92 Å². The molecular weight excluding hydrogens is 282 g/mol. The number of hydrogen-bond acceptors (Lipinski definition) is 4. The van der Waals surface area contributed by atoms with E-state index >= 15 is 0 Å². The number of carbonyl (C=O) groups excluding carboxylic acids is 1. The van der Waals surface area contributed by atoms with Crippen molar-refractivity contribution in [2.24, 2.45) is 11.1 Å². The summed E-state index contributed by atoms with van der Waals surface area (Å²) in [6.07, 6.45) is 5.11. The van der Waals surface area contributed by atoms with Gasteiger partial charge in [-0.2, -0.15) is 13.5 Å². The Morgan fingerprint density at radius 2 is 2.30 bits per heavy atom. The van der Waals surface area contributed by atoms with Gasteiger partial charge in [0.2, 0.25) is 5.91 Å². The Kier molecular flexibility index (Phi) is 4.73. The first kappa shape index (κ1) is 14.9. The van der Waals surface area contributed by atoms with Crippen LogP contribution < -0.4 is 9.86 Å². The molecule has 1 saturated heterocycles. The van der Waals surface area contributed by atoms with Crippen molar-refractivity contribution < 1.29 is 13.2 Å². The highest BCUT2D eigenvalue weighted by atomic mass is 32.2. The molecule has 2 heterocycles. The van der Waals surface area contributed by atoms with E-state index in [-0.39, 0.29) is 24.9 Å². The van der Waals surface area contributed by atoms with Crippen molar-refractivity contribution >= 4 is 16.1 Å². The zero-order valence-electron chi connectivity index (χ0n) is 11.1. The Morgan fingerprint density at radius 1 is 1.50 bits per heavy atom. The topological polar surface area (TPSA) is 110 Å². The summed E-state index contributed by atoms with van der Waals surface area (Å²) < 4.78 is 25.6. The van der Waals surface area contributed by atoms with Gasteiger partial charge in [-0.25, -0.2) is 9.86 Å². The van der Waals surface area contributed by atoms with Gasteiger partial charge in [-0.15, -0.1) is 0 Å². The van der Waals surface area contributed by atoms with Gasteiger partial charge in [-0.1, -0.05) is 0 Å². The van der Waals surface area contributed by atoms with E-state index in [0.29, 0.717) is 13.1 Å². The van der Waals surface area contributed by atoms with Crippen molar-refractivity contribution in [2.75, 3.05) is 19.6 Å². The van der Waals surface area contributed by atoms with E-state index in [1.807, 2.05) is 0 Å². The van der Waals surface area contributed by atoms with E-state index in [9.17, 15) is 13.2 Å². The summed E-state index contributed by atoms with van der Waals surface area (Å²) in [6.45, 7) is 1.72. The number of nitrogens with one attached hydrogen (secondary N) is 1. The molecule has 0 saturated carbocycles. The van der Waals surface area contributed by atoms with Gasteiger partial charge in [-0.05, 0) is 24.8 Å². The molecule has 0 aromatic carbocycles. The van der Waals surface area contributed by atoms with Crippen molar-refractivity contribution in [1.82, 2.24) is 19.4 Å². The molecule has 1 atom stereocenters. The SMILES string of the molecule is NS(=O)(=O)NCC1CCCN(C(=O)Cn2cccn2)C1. The molecule has 9 heteroatoms. The van der Waals surface area contributed by atoms with E-state index in [1.54, 1.807) is 28.0 Å². The molecule has 1 unspecified atom stereocenters. The number of aromatic nitrogens is 2. The van der Waals surface area contributed by atoms with Crippen LogP contribution in [0.15, 0.2) is 18.5 Å². The minimum absolute atomic E-state index is 0.00555. The third-order valence-electron chi connectivity index (χ3n) is 3.30. The number of nitrogens with zero attached hydrogens (tertiary/aromatic N) is 3. The van der Waals surface area contributed by atoms with Crippen LogP contribution in [0.5, 0.6) is 0 Å². The molecule has 0 bridgehead atoms. The number of nitrogens with two attached hydrogens (primary N) is 1. The van der Waals surface area contributed by atoms with Gasteiger partial charge < -0.3 is 4.90 Å². The predicted molar refractivity (Wildman–Crippen MR) is 72.6 cm³/mol. The second-order valence-electron chi connectivity index (χ2n) is 4.95. The highest BCUT2D eigenvalue weighted by Crippen LogP contribution is 2.16. The van der Waals surface area contributed by atoms with Crippen LogP contribution in [-0.2, 0) is 21.5 Å². The first-order valence-electron chi connectivity index (χ1n) is 6.46. The lowest BCUT2D eigenvalue weighted by molar-refractivity contribution is -0.133. The average Bonchev–Trinajstić information content (AvgIpc) is 2.89. The highest BCUT2D eigenvalue weighted by molar-refractivity contribution is 7.87. The van der Waals surface area contributed by atoms with Crippen molar-refractivity contribution in [3.8, 4) is 0 Å². The number of carbonyl (C=O) groups is 1. The minimum Gasteiger partial charge on any atom is -0.341 e. The number of hydrogen-bond donors (Lipinski definition) is 2. The number of amides is 1. The van der Waals surface area contributed by atoms with E-state index in [2.05, 4.69) is 9.82 Å². The van der Waals surface area contributed by atoms with Gasteiger partial charge in [0.05, 0.1) is 0 Å². The molecule has 20 heavy (non-hydrogen) atoms. The lowest BCUT2D eigenvalue weighted by atomic mass is 9.98. The molecule has 2 rings (SSSR count). The fourth-order valence-electron chi connectivity index (χ4n) is 2.32. The molecule has 0 radical (unpaired) electrons. The van der Waals surface area contributed by atoms with Gasteiger partial charge in [0, 0.05) is 32.0 Å². The zero-order valence-corrected chi connectivity index (χ0v) is 11.9. The summed E-state index contributed by atoms with van der Waals surface area (Å²) in [5, 5.41) is 8.91. The number of rotatable bonds is 5. The summed E-state index contributed by atoms with van der Waals surface area (Å²) in [5.41, 5.74) is 0. The zero-order chi connectivity index (χ0) is 14.6. The Hall–Kier alpha value is -1.45. The van der Waals surface area contributed by atoms with Gasteiger partial charge in [0.15, 0.2) is 0 Å². The largest absolute Gasteiger partial charge is 0.341 e. The molecule has 3 N–H and O–H groups in total. The third kappa shape index (κ3) is 4.58. The smallest absolute Gasteiger partial charge is 0.274 e. The molecule has 0 spiro atoms. The summed E-state index contributed by atoms with van der Waals surface area (Å²) >= 11 is 0. The average molecular weight is 301 g/mol. The quantitative estimate of drug-likeness (QED) is 0.720. The monoisotopic (exact) mass is 301 g/mol. The fraction of sp³-hybridized carbons (Fsp3) is 0.636. The standard InChI is InChI=1S/C11H19N5O3S/c12-20(18,19)14-7-10-3-1-5-15(8-10)11(17)9-16-6-2-4-13-16/h2,4,6,10,14H,1,3,5,7-9H2,(H2,12,18,19). The summed E-state index contributed by atoms with van der Waals surface area (Å²) in [7, 11) is -3.67. The van der Waals surface area contributed by atoms with Crippen molar-refractivity contribution in [3.05, 3.63) is 18.5 Å². The lowest BCUT2D eigenvalue weighted by Crippen LogP contribution is -2.45. The highest BCUT2D eigenvalue weighted by Gasteiger charge is 2.24. The van der Waals surface area contributed by atoms with Crippen LogP contribution in [0.2, 0.25) is 0 Å².